The molecule has 0 spiro atoms. The Morgan fingerprint density at radius 1 is 1.37 bits per heavy atom. The Morgan fingerprint density at radius 3 is 2.74 bits per heavy atom. The van der Waals surface area contributed by atoms with Gasteiger partial charge in [-0.15, -0.1) is 0 Å². The summed E-state index contributed by atoms with van der Waals surface area (Å²) in [5, 5.41) is 16.1. The van der Waals surface area contributed by atoms with Crippen LogP contribution in [0.2, 0.25) is 0 Å². The van der Waals surface area contributed by atoms with E-state index < -0.39 is 0 Å². The first-order valence-corrected chi connectivity index (χ1v) is 9.38. The second-order valence-electron chi connectivity index (χ2n) is 7.28. The minimum atomic E-state index is -0.359. The molecule has 0 radical (unpaired) electrons. The van der Waals surface area contributed by atoms with Crippen LogP contribution in [-0.4, -0.2) is 39.1 Å². The van der Waals surface area contributed by atoms with Crippen molar-refractivity contribution in [2.75, 3.05) is 13.1 Å². The van der Waals surface area contributed by atoms with Crippen molar-refractivity contribution in [3.8, 4) is 6.07 Å². The maximum atomic E-state index is 12.6. The predicted molar refractivity (Wildman–Crippen MR) is 101 cm³/mol. The SMILES string of the molecule is Cc1[nH]c(=O)c(C#N)c(C)c1CCC(=O)N1CCC(Cc2ccn[nH]2)CC1. The summed E-state index contributed by atoms with van der Waals surface area (Å²) in [7, 11) is 0. The van der Waals surface area contributed by atoms with E-state index in [0.717, 1.165) is 49.3 Å². The molecule has 0 unspecified atom stereocenters. The molecule has 0 aliphatic carbocycles. The average molecular weight is 367 g/mol. The van der Waals surface area contributed by atoms with E-state index >= 15 is 0 Å². The van der Waals surface area contributed by atoms with Crippen LogP contribution in [0.3, 0.4) is 0 Å². The number of nitrogens with one attached hydrogen (secondary N) is 2. The van der Waals surface area contributed by atoms with E-state index in [4.69, 9.17) is 5.26 Å². The standard InChI is InChI=1S/C20H25N5O2/c1-13-17(14(2)23-20(27)18(13)12-21)3-4-19(26)25-9-6-15(7-10-25)11-16-5-8-22-24-16/h5,8,15H,3-4,6-7,9-11H2,1-2H3,(H,22,24)(H,23,27). The maximum absolute atomic E-state index is 12.6. The lowest BCUT2D eigenvalue weighted by atomic mass is 9.92. The van der Waals surface area contributed by atoms with Gasteiger partial charge in [-0.3, -0.25) is 14.7 Å². The number of aromatic amines is 2. The molecule has 3 rings (SSSR count). The number of likely N-dealkylation sites (tertiary alicyclic amines) is 1. The molecule has 1 saturated heterocycles. The van der Waals surface area contributed by atoms with Gasteiger partial charge in [-0.2, -0.15) is 10.4 Å². The van der Waals surface area contributed by atoms with Crippen LogP contribution in [0.4, 0.5) is 0 Å². The molecule has 7 nitrogen and oxygen atoms in total. The van der Waals surface area contributed by atoms with Gasteiger partial charge >= 0.3 is 0 Å². The Morgan fingerprint density at radius 2 is 2.11 bits per heavy atom. The third-order valence-electron chi connectivity index (χ3n) is 5.54. The van der Waals surface area contributed by atoms with Crippen molar-refractivity contribution in [2.45, 2.75) is 46.0 Å². The highest BCUT2D eigenvalue weighted by atomic mass is 16.2. The number of H-pyrrole nitrogens is 2. The van der Waals surface area contributed by atoms with Gasteiger partial charge in [-0.25, -0.2) is 0 Å². The molecule has 142 valence electrons. The van der Waals surface area contributed by atoms with E-state index in [9.17, 15) is 9.59 Å². The number of hydrogen-bond donors (Lipinski definition) is 2. The molecule has 1 amide bonds. The Kier molecular flexibility index (Phi) is 5.75. The van der Waals surface area contributed by atoms with Crippen LogP contribution in [0.25, 0.3) is 0 Å². The van der Waals surface area contributed by atoms with Crippen molar-refractivity contribution in [2.24, 2.45) is 5.92 Å². The minimum absolute atomic E-state index is 0.137. The first-order chi connectivity index (χ1) is 13.0. The van der Waals surface area contributed by atoms with Crippen LogP contribution in [0.1, 0.15) is 47.3 Å². The van der Waals surface area contributed by atoms with Gasteiger partial charge in [0.2, 0.25) is 5.91 Å². The van der Waals surface area contributed by atoms with Crippen LogP contribution in [0.5, 0.6) is 0 Å². The summed E-state index contributed by atoms with van der Waals surface area (Å²) in [6, 6.07) is 3.96. The lowest BCUT2D eigenvalue weighted by Crippen LogP contribution is -2.39. The van der Waals surface area contributed by atoms with E-state index in [2.05, 4.69) is 15.2 Å². The van der Waals surface area contributed by atoms with Gasteiger partial charge in [0.25, 0.3) is 5.56 Å². The van der Waals surface area contributed by atoms with Crippen molar-refractivity contribution in [1.29, 1.82) is 5.26 Å². The Balaban J connectivity index is 1.55. The molecule has 0 aromatic carbocycles. The number of carbonyl (C=O) groups excluding carboxylic acids is 1. The molecule has 3 heterocycles. The lowest BCUT2D eigenvalue weighted by molar-refractivity contribution is -0.132. The number of hydrogen-bond acceptors (Lipinski definition) is 4. The molecule has 7 heteroatoms. The highest BCUT2D eigenvalue weighted by Gasteiger charge is 2.23. The monoisotopic (exact) mass is 367 g/mol. The van der Waals surface area contributed by atoms with Crippen LogP contribution in [-0.2, 0) is 17.6 Å². The molecule has 27 heavy (non-hydrogen) atoms. The largest absolute Gasteiger partial charge is 0.343 e. The minimum Gasteiger partial charge on any atom is -0.343 e. The molecule has 2 aromatic rings. The number of rotatable bonds is 5. The van der Waals surface area contributed by atoms with Gasteiger partial charge < -0.3 is 9.88 Å². The Hall–Kier alpha value is -2.88. The van der Waals surface area contributed by atoms with E-state index in [1.54, 1.807) is 13.1 Å². The molecular weight excluding hydrogens is 342 g/mol. The Labute approximate surface area is 158 Å². The summed E-state index contributed by atoms with van der Waals surface area (Å²) in [6.45, 7) is 5.16. The number of aromatic nitrogens is 3. The molecule has 1 aliphatic rings. The third-order valence-corrected chi connectivity index (χ3v) is 5.54. The fourth-order valence-corrected chi connectivity index (χ4v) is 3.91. The molecule has 2 aromatic heterocycles. The number of pyridine rings is 1. The molecular formula is C20H25N5O2. The number of nitriles is 1. The van der Waals surface area contributed by atoms with Gasteiger partial charge in [-0.1, -0.05) is 0 Å². The van der Waals surface area contributed by atoms with E-state index in [1.807, 2.05) is 24.0 Å². The molecule has 0 saturated carbocycles. The molecule has 1 aliphatic heterocycles. The van der Waals surface area contributed by atoms with Crippen LogP contribution in [0.15, 0.2) is 17.1 Å². The summed E-state index contributed by atoms with van der Waals surface area (Å²) < 4.78 is 0. The lowest BCUT2D eigenvalue weighted by Gasteiger charge is -2.32. The van der Waals surface area contributed by atoms with Gasteiger partial charge in [0.15, 0.2) is 0 Å². The zero-order chi connectivity index (χ0) is 19.4. The summed E-state index contributed by atoms with van der Waals surface area (Å²) in [6.07, 6.45) is 5.68. The number of carbonyl (C=O) groups is 1. The fourth-order valence-electron chi connectivity index (χ4n) is 3.91. The average Bonchev–Trinajstić information content (AvgIpc) is 3.15. The number of nitrogens with zero attached hydrogens (tertiary/aromatic N) is 3. The number of piperidine rings is 1. The quantitative estimate of drug-likeness (QED) is 0.843. The summed E-state index contributed by atoms with van der Waals surface area (Å²) in [4.78, 5) is 29.1. The normalized spacial score (nSPS) is 14.9. The van der Waals surface area contributed by atoms with Crippen LogP contribution < -0.4 is 5.56 Å². The van der Waals surface area contributed by atoms with Gasteiger partial charge in [0.05, 0.1) is 0 Å². The maximum Gasteiger partial charge on any atom is 0.266 e. The number of amides is 1. The molecule has 1 fully saturated rings. The predicted octanol–water partition coefficient (Wildman–Crippen LogP) is 2.00. The van der Waals surface area contributed by atoms with Crippen molar-refractivity contribution in [3.63, 3.8) is 0 Å². The Bertz CT molecular complexity index is 900. The van der Waals surface area contributed by atoms with Gasteiger partial charge in [0.1, 0.15) is 11.6 Å². The second-order valence-corrected chi connectivity index (χ2v) is 7.28. The summed E-state index contributed by atoms with van der Waals surface area (Å²) in [5.74, 6) is 0.717. The fraction of sp³-hybridized carbons (Fsp3) is 0.500. The van der Waals surface area contributed by atoms with E-state index in [-0.39, 0.29) is 17.0 Å². The van der Waals surface area contributed by atoms with Crippen molar-refractivity contribution < 1.29 is 4.79 Å². The van der Waals surface area contributed by atoms with Crippen molar-refractivity contribution >= 4 is 5.91 Å². The van der Waals surface area contributed by atoms with Crippen LogP contribution >= 0.6 is 0 Å². The topological polar surface area (TPSA) is 106 Å². The zero-order valence-electron chi connectivity index (χ0n) is 15.8. The van der Waals surface area contributed by atoms with E-state index in [1.165, 1.54) is 0 Å². The smallest absolute Gasteiger partial charge is 0.266 e. The summed E-state index contributed by atoms with van der Waals surface area (Å²) >= 11 is 0. The van der Waals surface area contributed by atoms with Crippen molar-refractivity contribution in [3.05, 3.63) is 50.7 Å². The van der Waals surface area contributed by atoms with Gasteiger partial charge in [-0.05, 0) is 62.6 Å². The van der Waals surface area contributed by atoms with Gasteiger partial charge in [0, 0.05) is 37.1 Å². The highest BCUT2D eigenvalue weighted by Crippen LogP contribution is 2.22. The third kappa shape index (κ3) is 4.27. The highest BCUT2D eigenvalue weighted by molar-refractivity contribution is 5.76. The first-order valence-electron chi connectivity index (χ1n) is 9.38. The van der Waals surface area contributed by atoms with Crippen molar-refractivity contribution in [1.82, 2.24) is 20.1 Å². The number of aryl methyl sites for hydroxylation is 1. The summed E-state index contributed by atoms with van der Waals surface area (Å²) in [5.41, 5.74) is 3.25. The second kappa shape index (κ2) is 8.21. The molecule has 2 N–H and O–H groups in total. The first kappa shape index (κ1) is 18.9. The zero-order valence-corrected chi connectivity index (χ0v) is 15.8. The molecule has 0 bridgehead atoms. The van der Waals surface area contributed by atoms with E-state index in [0.29, 0.717) is 24.3 Å². The molecule has 0 atom stereocenters. The van der Waals surface area contributed by atoms with Crippen LogP contribution in [0, 0.1) is 31.1 Å².